The quantitative estimate of drug-likeness (QED) is 0.799. The maximum atomic E-state index is 12.1. The third kappa shape index (κ3) is 4.57. The summed E-state index contributed by atoms with van der Waals surface area (Å²) in [5, 5.41) is 11.7. The molecule has 130 valence electrons. The Hall–Kier alpha value is -2.37. The van der Waals surface area contributed by atoms with E-state index in [4.69, 9.17) is 0 Å². The van der Waals surface area contributed by atoms with E-state index in [2.05, 4.69) is 5.32 Å². The van der Waals surface area contributed by atoms with E-state index >= 15 is 0 Å². The minimum absolute atomic E-state index is 0.00142. The highest BCUT2D eigenvalue weighted by Gasteiger charge is 2.25. The summed E-state index contributed by atoms with van der Waals surface area (Å²) in [6, 6.07) is 6.78. The molecule has 6 heteroatoms. The minimum atomic E-state index is -1.03. The summed E-state index contributed by atoms with van der Waals surface area (Å²) in [6.07, 6.45) is 1.62. The summed E-state index contributed by atoms with van der Waals surface area (Å²) in [7, 11) is 0. The molecule has 1 aliphatic heterocycles. The molecule has 24 heavy (non-hydrogen) atoms. The summed E-state index contributed by atoms with van der Waals surface area (Å²) >= 11 is 0. The van der Waals surface area contributed by atoms with Gasteiger partial charge in [0, 0.05) is 25.1 Å². The van der Waals surface area contributed by atoms with Crippen LogP contribution in [-0.4, -0.2) is 35.5 Å². The van der Waals surface area contributed by atoms with Gasteiger partial charge in [0.25, 0.3) is 0 Å². The molecule has 1 aromatic carbocycles. The van der Waals surface area contributed by atoms with Crippen LogP contribution in [0.15, 0.2) is 24.3 Å². The van der Waals surface area contributed by atoms with Crippen molar-refractivity contribution in [1.82, 2.24) is 5.32 Å². The van der Waals surface area contributed by atoms with Crippen molar-refractivity contribution in [3.05, 3.63) is 29.8 Å². The average molecular weight is 332 g/mol. The van der Waals surface area contributed by atoms with Gasteiger partial charge in [0.05, 0.1) is 0 Å². The molecule has 1 unspecified atom stereocenters. The number of para-hydroxylation sites is 1. The van der Waals surface area contributed by atoms with Crippen LogP contribution in [-0.2, 0) is 20.8 Å². The molecule has 6 nitrogen and oxygen atoms in total. The van der Waals surface area contributed by atoms with Gasteiger partial charge in [-0.15, -0.1) is 0 Å². The molecule has 0 bridgehead atoms. The highest BCUT2D eigenvalue weighted by Crippen LogP contribution is 2.27. The van der Waals surface area contributed by atoms with E-state index in [0.29, 0.717) is 19.3 Å². The van der Waals surface area contributed by atoms with E-state index < -0.39 is 12.0 Å². The van der Waals surface area contributed by atoms with Gasteiger partial charge in [-0.2, -0.15) is 0 Å². The van der Waals surface area contributed by atoms with Gasteiger partial charge in [0.2, 0.25) is 11.8 Å². The molecule has 2 amide bonds. The van der Waals surface area contributed by atoms with Gasteiger partial charge in [-0.3, -0.25) is 9.59 Å². The van der Waals surface area contributed by atoms with Crippen molar-refractivity contribution in [3.63, 3.8) is 0 Å². The molecule has 2 rings (SSSR count). The smallest absolute Gasteiger partial charge is 0.326 e. The molecule has 0 radical (unpaired) electrons. The number of hydrogen-bond donors (Lipinski definition) is 2. The average Bonchev–Trinajstić information content (AvgIpc) is 2.52. The zero-order chi connectivity index (χ0) is 17.7. The van der Waals surface area contributed by atoms with Crippen LogP contribution in [0.3, 0.4) is 0 Å². The van der Waals surface area contributed by atoms with Crippen LogP contribution in [0.1, 0.15) is 38.7 Å². The summed E-state index contributed by atoms with van der Waals surface area (Å²) in [4.78, 5) is 37.1. The van der Waals surface area contributed by atoms with E-state index in [1.54, 1.807) is 4.90 Å². The van der Waals surface area contributed by atoms with Crippen LogP contribution in [0.4, 0.5) is 5.69 Å². The number of anilines is 1. The molecular weight excluding hydrogens is 308 g/mol. The third-order valence-corrected chi connectivity index (χ3v) is 4.09. The van der Waals surface area contributed by atoms with Gasteiger partial charge >= 0.3 is 5.97 Å². The summed E-state index contributed by atoms with van der Waals surface area (Å²) in [5.41, 5.74) is 1.94. The fourth-order valence-corrected chi connectivity index (χ4v) is 2.91. The third-order valence-electron chi connectivity index (χ3n) is 4.09. The van der Waals surface area contributed by atoms with Gasteiger partial charge in [0.1, 0.15) is 6.04 Å². The lowest BCUT2D eigenvalue weighted by Gasteiger charge is -2.29. The Bertz CT molecular complexity index is 627. The van der Waals surface area contributed by atoms with Crippen LogP contribution in [0, 0.1) is 5.92 Å². The topological polar surface area (TPSA) is 86.7 Å². The first-order chi connectivity index (χ1) is 11.4. The number of hydrogen-bond acceptors (Lipinski definition) is 3. The number of nitrogens with zero attached hydrogens (tertiary/aromatic N) is 1. The number of rotatable bonds is 7. The number of carbonyl (C=O) groups excluding carboxylic acids is 2. The molecule has 0 spiro atoms. The number of aryl methyl sites for hydroxylation is 1. The van der Waals surface area contributed by atoms with Crippen molar-refractivity contribution in [1.29, 1.82) is 0 Å². The standard InChI is InChI=1S/C18H24N2O4/c1-12(2)11-14(18(23)24)19-16(21)9-10-20-15-6-4-3-5-13(15)7-8-17(20)22/h3-6,12,14H,7-11H2,1-2H3,(H,19,21)(H,23,24). The Labute approximate surface area is 141 Å². The second kappa shape index (κ2) is 7.95. The fraction of sp³-hybridized carbons (Fsp3) is 0.500. The predicted octanol–water partition coefficient (Wildman–Crippen LogP) is 1.97. The van der Waals surface area contributed by atoms with Gasteiger partial charge in [0.15, 0.2) is 0 Å². The van der Waals surface area contributed by atoms with Crippen LogP contribution < -0.4 is 10.2 Å². The Morgan fingerprint density at radius 2 is 1.96 bits per heavy atom. The number of carboxylic acid groups (broad SMARTS) is 1. The number of amides is 2. The lowest BCUT2D eigenvalue weighted by Crippen LogP contribution is -2.44. The second-order valence-electron chi connectivity index (χ2n) is 6.51. The van der Waals surface area contributed by atoms with Crippen molar-refractivity contribution in [3.8, 4) is 0 Å². The van der Waals surface area contributed by atoms with E-state index in [9.17, 15) is 19.5 Å². The molecule has 0 fully saturated rings. The molecule has 1 atom stereocenters. The lowest BCUT2D eigenvalue weighted by atomic mass is 10.0. The number of carboxylic acids is 1. The monoisotopic (exact) mass is 332 g/mol. The zero-order valence-electron chi connectivity index (χ0n) is 14.1. The molecule has 0 saturated heterocycles. The van der Waals surface area contributed by atoms with Gasteiger partial charge in [-0.1, -0.05) is 32.0 Å². The van der Waals surface area contributed by atoms with Crippen molar-refractivity contribution in [2.75, 3.05) is 11.4 Å². The molecule has 0 saturated carbocycles. The van der Waals surface area contributed by atoms with Gasteiger partial charge in [-0.05, 0) is 30.4 Å². The van der Waals surface area contributed by atoms with Crippen molar-refractivity contribution in [2.45, 2.75) is 45.6 Å². The van der Waals surface area contributed by atoms with Crippen molar-refractivity contribution in [2.24, 2.45) is 5.92 Å². The van der Waals surface area contributed by atoms with E-state index in [1.165, 1.54) is 0 Å². The van der Waals surface area contributed by atoms with Crippen LogP contribution in [0.5, 0.6) is 0 Å². The lowest BCUT2D eigenvalue weighted by molar-refractivity contribution is -0.142. The molecule has 1 aromatic rings. The van der Waals surface area contributed by atoms with Crippen LogP contribution >= 0.6 is 0 Å². The van der Waals surface area contributed by atoms with Gasteiger partial charge < -0.3 is 15.3 Å². The Morgan fingerprint density at radius 1 is 1.25 bits per heavy atom. The highest BCUT2D eigenvalue weighted by atomic mass is 16.4. The van der Waals surface area contributed by atoms with E-state index in [-0.39, 0.29) is 30.7 Å². The molecule has 0 aliphatic carbocycles. The number of carbonyl (C=O) groups is 3. The number of aliphatic carboxylic acids is 1. The molecule has 1 heterocycles. The van der Waals surface area contributed by atoms with Crippen molar-refractivity contribution < 1.29 is 19.5 Å². The number of nitrogens with one attached hydrogen (secondary N) is 1. The van der Waals surface area contributed by atoms with E-state index in [0.717, 1.165) is 11.3 Å². The first kappa shape index (κ1) is 18.0. The Balaban J connectivity index is 1.96. The fourth-order valence-electron chi connectivity index (χ4n) is 2.91. The first-order valence-corrected chi connectivity index (χ1v) is 8.29. The molecule has 2 N–H and O–H groups in total. The van der Waals surface area contributed by atoms with Crippen LogP contribution in [0.25, 0.3) is 0 Å². The first-order valence-electron chi connectivity index (χ1n) is 8.29. The zero-order valence-corrected chi connectivity index (χ0v) is 14.1. The maximum Gasteiger partial charge on any atom is 0.326 e. The van der Waals surface area contributed by atoms with E-state index in [1.807, 2.05) is 38.1 Å². The van der Waals surface area contributed by atoms with Crippen molar-refractivity contribution >= 4 is 23.5 Å². The van der Waals surface area contributed by atoms with Gasteiger partial charge in [-0.25, -0.2) is 4.79 Å². The number of benzene rings is 1. The Morgan fingerprint density at radius 3 is 2.62 bits per heavy atom. The normalized spacial score (nSPS) is 15.1. The molecule has 0 aromatic heterocycles. The summed E-state index contributed by atoms with van der Waals surface area (Å²) in [6.45, 7) is 4.08. The van der Waals surface area contributed by atoms with Crippen LogP contribution in [0.2, 0.25) is 0 Å². The molecular formula is C18H24N2O4. The Kier molecular flexibility index (Phi) is 5.95. The number of fused-ring (bicyclic) bond motifs is 1. The maximum absolute atomic E-state index is 12.1. The minimum Gasteiger partial charge on any atom is -0.480 e. The largest absolute Gasteiger partial charge is 0.480 e. The summed E-state index contributed by atoms with van der Waals surface area (Å²) in [5.74, 6) is -1.21. The molecule has 1 aliphatic rings. The summed E-state index contributed by atoms with van der Waals surface area (Å²) < 4.78 is 0. The predicted molar refractivity (Wildman–Crippen MR) is 90.8 cm³/mol. The second-order valence-corrected chi connectivity index (χ2v) is 6.51. The highest BCUT2D eigenvalue weighted by molar-refractivity contribution is 5.97. The SMILES string of the molecule is CC(C)CC(NC(=O)CCN1C(=O)CCc2ccccc21)C(=O)O.